The minimum absolute atomic E-state index is 0.0451. The van der Waals surface area contributed by atoms with Gasteiger partial charge in [0.05, 0.1) is 11.5 Å². The molecule has 1 aliphatic rings. The molecule has 1 saturated heterocycles. The third-order valence-corrected chi connectivity index (χ3v) is 5.03. The maximum absolute atomic E-state index is 10.7. The van der Waals surface area contributed by atoms with E-state index >= 15 is 0 Å². The Morgan fingerprint density at radius 1 is 1.30 bits per heavy atom. The summed E-state index contributed by atoms with van der Waals surface area (Å²) in [7, 11) is 0. The van der Waals surface area contributed by atoms with Gasteiger partial charge in [-0.1, -0.05) is 26.0 Å². The van der Waals surface area contributed by atoms with Crippen molar-refractivity contribution in [3.63, 3.8) is 0 Å². The first-order valence-electron chi connectivity index (χ1n) is 7.98. The first kappa shape index (κ1) is 17.2. The van der Waals surface area contributed by atoms with Gasteiger partial charge in [-0.15, -0.1) is 0 Å². The van der Waals surface area contributed by atoms with E-state index in [1.807, 2.05) is 0 Å². The zero-order valence-electron chi connectivity index (χ0n) is 14.6. The van der Waals surface area contributed by atoms with Crippen molar-refractivity contribution in [2.75, 3.05) is 13.1 Å². The zero-order chi connectivity index (χ0) is 17.3. The van der Waals surface area contributed by atoms with Crippen LogP contribution in [0.15, 0.2) is 29.3 Å². The minimum Gasteiger partial charge on any atom is -0.356 e. The average Bonchev–Trinajstić information content (AvgIpc) is 2.49. The standard InChI is InChI=1S/C17H26N4O2/c1-6-18-15(20-12-16(2,3)17(20,4)5)19-11-13-7-9-14(10-8-13)21(22)23/h7-10H,6,11-12H2,1-5H3,(H,18,19). The number of non-ortho nitro benzene ring substituents is 1. The van der Waals surface area contributed by atoms with Crippen LogP contribution in [0.2, 0.25) is 0 Å². The fourth-order valence-corrected chi connectivity index (χ4v) is 2.68. The predicted molar refractivity (Wildman–Crippen MR) is 92.5 cm³/mol. The number of rotatable bonds is 4. The van der Waals surface area contributed by atoms with E-state index in [9.17, 15) is 10.1 Å². The molecule has 1 N–H and O–H groups in total. The van der Waals surface area contributed by atoms with Gasteiger partial charge >= 0.3 is 0 Å². The molecule has 0 bridgehead atoms. The van der Waals surface area contributed by atoms with Gasteiger partial charge in [0.1, 0.15) is 0 Å². The summed E-state index contributed by atoms with van der Waals surface area (Å²) >= 11 is 0. The van der Waals surface area contributed by atoms with E-state index in [-0.39, 0.29) is 21.6 Å². The number of aliphatic imine (C=N–C) groups is 1. The summed E-state index contributed by atoms with van der Waals surface area (Å²) in [6, 6.07) is 6.57. The summed E-state index contributed by atoms with van der Waals surface area (Å²) in [5.74, 6) is 0.898. The molecule has 0 spiro atoms. The molecule has 2 rings (SSSR count). The Morgan fingerprint density at radius 2 is 1.91 bits per heavy atom. The minimum atomic E-state index is -0.387. The van der Waals surface area contributed by atoms with Gasteiger partial charge in [0.25, 0.3) is 5.69 Å². The molecule has 0 radical (unpaired) electrons. The Bertz CT molecular complexity index is 606. The highest BCUT2D eigenvalue weighted by Gasteiger charge is 2.53. The van der Waals surface area contributed by atoms with Crippen LogP contribution in [-0.4, -0.2) is 34.4 Å². The highest BCUT2D eigenvalue weighted by molar-refractivity contribution is 5.82. The molecule has 126 valence electrons. The Balaban J connectivity index is 2.12. The summed E-state index contributed by atoms with van der Waals surface area (Å²) in [6.45, 7) is 13.3. The van der Waals surface area contributed by atoms with Gasteiger partial charge in [0, 0.05) is 36.2 Å². The largest absolute Gasteiger partial charge is 0.356 e. The fraction of sp³-hybridized carbons (Fsp3) is 0.588. The topological polar surface area (TPSA) is 70.8 Å². The van der Waals surface area contributed by atoms with Gasteiger partial charge in [0.2, 0.25) is 0 Å². The molecule has 1 fully saturated rings. The predicted octanol–water partition coefficient (Wildman–Crippen LogP) is 3.18. The first-order valence-corrected chi connectivity index (χ1v) is 7.98. The quantitative estimate of drug-likeness (QED) is 0.400. The van der Waals surface area contributed by atoms with Crippen LogP contribution in [0, 0.1) is 15.5 Å². The summed E-state index contributed by atoms with van der Waals surface area (Å²) in [6.07, 6.45) is 0. The molecule has 6 heteroatoms. The van der Waals surface area contributed by atoms with Crippen LogP contribution >= 0.6 is 0 Å². The normalized spacial score (nSPS) is 19.2. The van der Waals surface area contributed by atoms with E-state index in [0.29, 0.717) is 6.54 Å². The maximum atomic E-state index is 10.7. The molecule has 0 aromatic heterocycles. The highest BCUT2D eigenvalue weighted by Crippen LogP contribution is 2.46. The second kappa shape index (κ2) is 6.18. The van der Waals surface area contributed by atoms with Crippen molar-refractivity contribution in [2.24, 2.45) is 10.4 Å². The Kier molecular flexibility index (Phi) is 4.63. The number of hydrogen-bond acceptors (Lipinski definition) is 3. The summed E-state index contributed by atoms with van der Waals surface area (Å²) in [5.41, 5.74) is 1.36. The smallest absolute Gasteiger partial charge is 0.269 e. The number of nitro groups is 1. The van der Waals surface area contributed by atoms with E-state index in [2.05, 4.69) is 44.8 Å². The van der Waals surface area contributed by atoms with Crippen LogP contribution in [-0.2, 0) is 6.54 Å². The van der Waals surface area contributed by atoms with Crippen LogP contribution < -0.4 is 5.32 Å². The maximum Gasteiger partial charge on any atom is 0.269 e. The number of nitrogens with one attached hydrogen (secondary N) is 1. The van der Waals surface area contributed by atoms with Crippen molar-refractivity contribution in [1.82, 2.24) is 10.2 Å². The summed E-state index contributed by atoms with van der Waals surface area (Å²) in [4.78, 5) is 17.3. The van der Waals surface area contributed by atoms with Gasteiger partial charge in [-0.05, 0) is 26.3 Å². The van der Waals surface area contributed by atoms with Crippen LogP contribution in [0.5, 0.6) is 0 Å². The average molecular weight is 318 g/mol. The molecule has 23 heavy (non-hydrogen) atoms. The molecule has 0 aliphatic carbocycles. The molecule has 0 amide bonds. The van der Waals surface area contributed by atoms with Crippen LogP contribution in [0.3, 0.4) is 0 Å². The molecule has 0 saturated carbocycles. The third kappa shape index (κ3) is 3.30. The van der Waals surface area contributed by atoms with Crippen LogP contribution in [0.25, 0.3) is 0 Å². The number of guanidine groups is 1. The number of nitro benzene ring substituents is 1. The molecule has 6 nitrogen and oxygen atoms in total. The van der Waals surface area contributed by atoms with Crippen molar-refractivity contribution in [1.29, 1.82) is 0 Å². The molecule has 1 aromatic rings. The van der Waals surface area contributed by atoms with Crippen molar-refractivity contribution < 1.29 is 4.92 Å². The van der Waals surface area contributed by atoms with Gasteiger partial charge in [0.15, 0.2) is 5.96 Å². The van der Waals surface area contributed by atoms with Crippen LogP contribution in [0.1, 0.15) is 40.2 Å². The highest BCUT2D eigenvalue weighted by atomic mass is 16.6. The Hall–Kier alpha value is -2.11. The van der Waals surface area contributed by atoms with Crippen LogP contribution in [0.4, 0.5) is 5.69 Å². The number of hydrogen-bond donors (Lipinski definition) is 1. The molecular weight excluding hydrogens is 292 g/mol. The fourth-order valence-electron chi connectivity index (χ4n) is 2.68. The SMILES string of the molecule is CCNC(=NCc1ccc([N+](=O)[O-])cc1)N1CC(C)(C)C1(C)C. The lowest BCUT2D eigenvalue weighted by Gasteiger charge is -2.62. The van der Waals surface area contributed by atoms with E-state index in [1.54, 1.807) is 12.1 Å². The molecule has 0 atom stereocenters. The Morgan fingerprint density at radius 3 is 2.35 bits per heavy atom. The number of benzene rings is 1. The lowest BCUT2D eigenvalue weighted by Crippen LogP contribution is -2.72. The lowest BCUT2D eigenvalue weighted by molar-refractivity contribution is -0.384. The molecule has 1 aliphatic heterocycles. The monoisotopic (exact) mass is 318 g/mol. The zero-order valence-corrected chi connectivity index (χ0v) is 14.6. The van der Waals surface area contributed by atoms with Crippen molar-refractivity contribution in [3.05, 3.63) is 39.9 Å². The number of nitrogens with zero attached hydrogens (tertiary/aromatic N) is 3. The Labute approximate surface area is 137 Å². The van der Waals surface area contributed by atoms with E-state index < -0.39 is 0 Å². The van der Waals surface area contributed by atoms with E-state index in [4.69, 9.17) is 4.99 Å². The lowest BCUT2D eigenvalue weighted by atomic mass is 9.65. The van der Waals surface area contributed by atoms with Crippen molar-refractivity contribution in [3.8, 4) is 0 Å². The van der Waals surface area contributed by atoms with Gasteiger partial charge < -0.3 is 10.2 Å². The van der Waals surface area contributed by atoms with E-state index in [0.717, 1.165) is 24.6 Å². The third-order valence-electron chi connectivity index (χ3n) is 5.03. The number of likely N-dealkylation sites (tertiary alicyclic amines) is 1. The van der Waals surface area contributed by atoms with Gasteiger partial charge in [-0.25, -0.2) is 4.99 Å². The second-order valence-electron chi connectivity index (χ2n) is 7.12. The molecule has 1 aromatic carbocycles. The summed E-state index contributed by atoms with van der Waals surface area (Å²) < 4.78 is 0. The molecule has 0 unspecified atom stereocenters. The first-order chi connectivity index (χ1) is 10.7. The van der Waals surface area contributed by atoms with Crippen molar-refractivity contribution >= 4 is 11.6 Å². The van der Waals surface area contributed by atoms with E-state index in [1.165, 1.54) is 12.1 Å². The van der Waals surface area contributed by atoms with Crippen molar-refractivity contribution in [2.45, 2.75) is 46.7 Å². The molecule has 1 heterocycles. The molecular formula is C17H26N4O2. The summed E-state index contributed by atoms with van der Waals surface area (Å²) in [5, 5.41) is 14.0. The van der Waals surface area contributed by atoms with Gasteiger partial charge in [-0.2, -0.15) is 0 Å². The van der Waals surface area contributed by atoms with Gasteiger partial charge in [-0.3, -0.25) is 10.1 Å². The second-order valence-corrected chi connectivity index (χ2v) is 7.12.